The number of carbonyl (C=O) groups excluding carboxylic acids is 2. The SMILES string of the molecule is Cc1ccc(NC(=O)COC(=O)c2c(C)nn(-c3ccccc3)c2Cl)cc1[N+](=O)[O-]. The number of anilines is 1. The number of rotatable bonds is 6. The molecule has 2 aromatic carbocycles. The Hall–Kier alpha value is -3.72. The summed E-state index contributed by atoms with van der Waals surface area (Å²) in [5.41, 5.74) is 1.64. The minimum Gasteiger partial charge on any atom is -0.452 e. The van der Waals surface area contributed by atoms with E-state index in [1.807, 2.05) is 6.07 Å². The third-order valence-electron chi connectivity index (χ3n) is 4.23. The molecular weight excluding hydrogens is 412 g/mol. The van der Waals surface area contributed by atoms with Crippen LogP contribution in [0.4, 0.5) is 11.4 Å². The first kappa shape index (κ1) is 21.0. The summed E-state index contributed by atoms with van der Waals surface area (Å²) >= 11 is 6.30. The number of amides is 1. The smallest absolute Gasteiger partial charge is 0.343 e. The van der Waals surface area contributed by atoms with Gasteiger partial charge in [0.25, 0.3) is 11.6 Å². The summed E-state index contributed by atoms with van der Waals surface area (Å²) in [7, 11) is 0. The molecule has 1 N–H and O–H groups in total. The first-order valence-electron chi connectivity index (χ1n) is 8.80. The number of hydrogen-bond donors (Lipinski definition) is 1. The Morgan fingerprint density at radius 2 is 1.90 bits per heavy atom. The Balaban J connectivity index is 1.68. The second kappa shape index (κ2) is 8.75. The number of aromatic nitrogens is 2. The number of esters is 1. The number of nitrogens with zero attached hydrogens (tertiary/aromatic N) is 3. The summed E-state index contributed by atoms with van der Waals surface area (Å²) in [4.78, 5) is 35.0. The summed E-state index contributed by atoms with van der Waals surface area (Å²) in [6, 6.07) is 13.3. The average molecular weight is 429 g/mol. The number of aryl methyl sites for hydroxylation is 2. The van der Waals surface area contributed by atoms with E-state index < -0.39 is 23.4 Å². The maximum atomic E-state index is 12.4. The predicted octanol–water partition coefficient (Wildman–Crippen LogP) is 3.85. The number of para-hydroxylation sites is 1. The van der Waals surface area contributed by atoms with E-state index >= 15 is 0 Å². The number of nitro benzene ring substituents is 1. The van der Waals surface area contributed by atoms with Crippen molar-refractivity contribution in [3.8, 4) is 5.69 Å². The lowest BCUT2D eigenvalue weighted by Gasteiger charge is -2.07. The van der Waals surface area contributed by atoms with Crippen LogP contribution in [-0.2, 0) is 9.53 Å². The summed E-state index contributed by atoms with van der Waals surface area (Å²) in [5.74, 6) is -1.45. The molecule has 154 valence electrons. The lowest BCUT2D eigenvalue weighted by molar-refractivity contribution is -0.385. The van der Waals surface area contributed by atoms with Gasteiger partial charge in [0.2, 0.25) is 0 Å². The van der Waals surface area contributed by atoms with Crippen molar-refractivity contribution in [1.82, 2.24) is 9.78 Å². The minimum atomic E-state index is -0.801. The predicted molar refractivity (Wildman–Crippen MR) is 110 cm³/mol. The van der Waals surface area contributed by atoms with E-state index in [-0.39, 0.29) is 22.1 Å². The molecule has 0 radical (unpaired) electrons. The molecule has 10 heteroatoms. The number of nitrogens with one attached hydrogen (secondary N) is 1. The highest BCUT2D eigenvalue weighted by molar-refractivity contribution is 6.33. The zero-order chi connectivity index (χ0) is 21.8. The quantitative estimate of drug-likeness (QED) is 0.362. The van der Waals surface area contributed by atoms with E-state index in [1.54, 1.807) is 38.1 Å². The number of hydrogen-bond acceptors (Lipinski definition) is 6. The summed E-state index contributed by atoms with van der Waals surface area (Å²) in [6.45, 7) is 2.60. The van der Waals surface area contributed by atoms with Crippen molar-refractivity contribution >= 4 is 34.9 Å². The highest BCUT2D eigenvalue weighted by atomic mass is 35.5. The Morgan fingerprint density at radius 1 is 1.20 bits per heavy atom. The van der Waals surface area contributed by atoms with Crippen LogP contribution in [0.3, 0.4) is 0 Å². The third-order valence-corrected chi connectivity index (χ3v) is 4.58. The molecule has 3 rings (SSSR count). The van der Waals surface area contributed by atoms with Crippen molar-refractivity contribution in [3.05, 3.63) is 80.6 Å². The monoisotopic (exact) mass is 428 g/mol. The van der Waals surface area contributed by atoms with Crippen LogP contribution in [0.25, 0.3) is 5.69 Å². The van der Waals surface area contributed by atoms with Gasteiger partial charge < -0.3 is 10.1 Å². The van der Waals surface area contributed by atoms with Gasteiger partial charge in [-0.3, -0.25) is 14.9 Å². The van der Waals surface area contributed by atoms with Gasteiger partial charge in [0.05, 0.1) is 16.3 Å². The second-order valence-corrected chi connectivity index (χ2v) is 6.74. The first-order valence-corrected chi connectivity index (χ1v) is 9.18. The van der Waals surface area contributed by atoms with Gasteiger partial charge in [-0.15, -0.1) is 0 Å². The zero-order valence-electron chi connectivity index (χ0n) is 16.1. The summed E-state index contributed by atoms with van der Waals surface area (Å²) < 4.78 is 6.45. The van der Waals surface area contributed by atoms with Crippen LogP contribution in [0.5, 0.6) is 0 Å². The third kappa shape index (κ3) is 4.47. The fourth-order valence-corrected chi connectivity index (χ4v) is 3.10. The fraction of sp³-hybridized carbons (Fsp3) is 0.150. The summed E-state index contributed by atoms with van der Waals surface area (Å²) in [5, 5.41) is 17.8. The molecule has 0 saturated carbocycles. The molecule has 1 heterocycles. The highest BCUT2D eigenvalue weighted by Crippen LogP contribution is 2.25. The molecule has 0 aliphatic carbocycles. The number of halogens is 1. The van der Waals surface area contributed by atoms with Gasteiger partial charge in [0, 0.05) is 17.3 Å². The molecule has 0 unspecified atom stereocenters. The van der Waals surface area contributed by atoms with E-state index in [1.165, 1.54) is 22.9 Å². The lowest BCUT2D eigenvalue weighted by Crippen LogP contribution is -2.21. The van der Waals surface area contributed by atoms with Crippen molar-refractivity contribution < 1.29 is 19.2 Å². The molecule has 1 aromatic heterocycles. The molecular formula is C20H17ClN4O5. The normalized spacial score (nSPS) is 10.5. The Morgan fingerprint density at radius 3 is 2.57 bits per heavy atom. The molecule has 0 aliphatic rings. The van der Waals surface area contributed by atoms with Crippen LogP contribution in [0, 0.1) is 24.0 Å². The second-order valence-electron chi connectivity index (χ2n) is 6.38. The van der Waals surface area contributed by atoms with Crippen LogP contribution in [0.2, 0.25) is 5.15 Å². The van der Waals surface area contributed by atoms with Gasteiger partial charge in [-0.25, -0.2) is 9.48 Å². The molecule has 0 aliphatic heterocycles. The van der Waals surface area contributed by atoms with E-state index in [2.05, 4.69) is 10.4 Å². The first-order chi connectivity index (χ1) is 14.3. The van der Waals surface area contributed by atoms with Crippen LogP contribution >= 0.6 is 11.6 Å². The molecule has 0 spiro atoms. The number of carbonyl (C=O) groups is 2. The van der Waals surface area contributed by atoms with Gasteiger partial charge >= 0.3 is 5.97 Å². The maximum Gasteiger partial charge on any atom is 0.343 e. The molecule has 3 aromatic rings. The van der Waals surface area contributed by atoms with Crippen LogP contribution in [-0.4, -0.2) is 33.2 Å². The molecule has 0 atom stereocenters. The highest BCUT2D eigenvalue weighted by Gasteiger charge is 2.23. The fourth-order valence-electron chi connectivity index (χ4n) is 2.76. The topological polar surface area (TPSA) is 116 Å². The van der Waals surface area contributed by atoms with Crippen LogP contribution < -0.4 is 5.32 Å². The number of nitro groups is 1. The molecule has 0 saturated heterocycles. The van der Waals surface area contributed by atoms with Gasteiger partial charge in [0.15, 0.2) is 6.61 Å². The molecule has 0 bridgehead atoms. The molecule has 9 nitrogen and oxygen atoms in total. The van der Waals surface area contributed by atoms with E-state index in [4.69, 9.17) is 16.3 Å². The Kier molecular flexibility index (Phi) is 6.12. The van der Waals surface area contributed by atoms with E-state index in [0.717, 1.165) is 0 Å². The van der Waals surface area contributed by atoms with E-state index in [0.29, 0.717) is 16.9 Å². The maximum absolute atomic E-state index is 12.4. The van der Waals surface area contributed by atoms with Gasteiger partial charge in [-0.05, 0) is 32.0 Å². The standard InChI is InChI=1S/C20H17ClN4O5/c1-12-8-9-14(10-16(12)25(28)29)22-17(26)11-30-20(27)18-13(2)23-24(19(18)21)15-6-4-3-5-7-15/h3-10H,11H2,1-2H3,(H,22,26). The summed E-state index contributed by atoms with van der Waals surface area (Å²) in [6.07, 6.45) is 0. The van der Waals surface area contributed by atoms with Crippen LogP contribution in [0.1, 0.15) is 21.6 Å². The largest absolute Gasteiger partial charge is 0.452 e. The van der Waals surface area contributed by atoms with Crippen molar-refractivity contribution in [2.45, 2.75) is 13.8 Å². The molecule has 30 heavy (non-hydrogen) atoms. The zero-order valence-corrected chi connectivity index (χ0v) is 16.8. The van der Waals surface area contributed by atoms with Crippen molar-refractivity contribution in [1.29, 1.82) is 0 Å². The van der Waals surface area contributed by atoms with Gasteiger partial charge in [0.1, 0.15) is 10.7 Å². The minimum absolute atomic E-state index is 0.0549. The van der Waals surface area contributed by atoms with Crippen molar-refractivity contribution in [2.24, 2.45) is 0 Å². The van der Waals surface area contributed by atoms with Crippen LogP contribution in [0.15, 0.2) is 48.5 Å². The number of ether oxygens (including phenoxy) is 1. The van der Waals surface area contributed by atoms with Gasteiger partial charge in [-0.2, -0.15) is 5.10 Å². The molecule has 1 amide bonds. The average Bonchev–Trinajstić information content (AvgIpc) is 3.02. The van der Waals surface area contributed by atoms with E-state index in [9.17, 15) is 19.7 Å². The van der Waals surface area contributed by atoms with Gasteiger partial charge in [-0.1, -0.05) is 35.9 Å². The Labute approximate surface area is 176 Å². The lowest BCUT2D eigenvalue weighted by atomic mass is 10.2. The van der Waals surface area contributed by atoms with Crippen molar-refractivity contribution in [3.63, 3.8) is 0 Å². The van der Waals surface area contributed by atoms with Crippen molar-refractivity contribution in [2.75, 3.05) is 11.9 Å². The Bertz CT molecular complexity index is 1130. The molecule has 0 fully saturated rings. The number of benzene rings is 2.